The maximum atomic E-state index is 12.5. The van der Waals surface area contributed by atoms with Crippen molar-refractivity contribution in [1.29, 1.82) is 0 Å². The zero-order chi connectivity index (χ0) is 22.1. The molecule has 10 heteroatoms. The average Bonchev–Trinajstić information content (AvgIpc) is 2.73. The van der Waals surface area contributed by atoms with Gasteiger partial charge in [-0.25, -0.2) is 4.98 Å². The van der Waals surface area contributed by atoms with Gasteiger partial charge in [-0.05, 0) is 18.2 Å². The Labute approximate surface area is 173 Å². The first kappa shape index (κ1) is 23.1. The lowest BCUT2D eigenvalue weighted by atomic mass is 10.2. The van der Waals surface area contributed by atoms with Crippen molar-refractivity contribution in [2.24, 2.45) is 4.99 Å². The van der Waals surface area contributed by atoms with Crippen LogP contribution in [-0.4, -0.2) is 56.9 Å². The molecule has 0 fully saturated rings. The van der Waals surface area contributed by atoms with E-state index in [0.29, 0.717) is 29.6 Å². The Hall–Kier alpha value is -3.17. The van der Waals surface area contributed by atoms with Crippen LogP contribution in [0.5, 0.6) is 17.4 Å². The Morgan fingerprint density at radius 3 is 2.57 bits per heavy atom. The van der Waals surface area contributed by atoms with Crippen LogP contribution in [0.4, 0.5) is 13.2 Å². The van der Waals surface area contributed by atoms with Crippen LogP contribution in [0.25, 0.3) is 0 Å². The number of ether oxygens (including phenoxy) is 3. The number of nitrogens with zero attached hydrogens (tertiary/aromatic N) is 3. The van der Waals surface area contributed by atoms with Crippen LogP contribution in [0, 0.1) is 0 Å². The maximum Gasteiger partial charge on any atom is 0.422 e. The topological polar surface area (TPSA) is 68.2 Å². The van der Waals surface area contributed by atoms with E-state index in [1.807, 2.05) is 24.1 Å². The minimum absolute atomic E-state index is 0.0720. The van der Waals surface area contributed by atoms with E-state index in [1.165, 1.54) is 6.20 Å². The van der Waals surface area contributed by atoms with Crippen LogP contribution in [0.1, 0.15) is 11.1 Å². The van der Waals surface area contributed by atoms with Crippen LogP contribution < -0.4 is 19.5 Å². The summed E-state index contributed by atoms with van der Waals surface area (Å²) in [5.74, 6) is 1.83. The number of guanidine groups is 1. The van der Waals surface area contributed by atoms with E-state index in [1.54, 1.807) is 39.5 Å². The van der Waals surface area contributed by atoms with E-state index < -0.39 is 12.8 Å². The molecule has 0 bridgehead atoms. The molecule has 7 nitrogen and oxygen atoms in total. The molecule has 0 radical (unpaired) electrons. The van der Waals surface area contributed by atoms with E-state index in [2.05, 4.69) is 15.3 Å². The number of aromatic nitrogens is 1. The normalized spacial score (nSPS) is 11.8. The number of hydrogen-bond donors (Lipinski definition) is 1. The maximum absolute atomic E-state index is 12.5. The molecule has 0 aliphatic carbocycles. The number of nitrogens with one attached hydrogen (secondary N) is 1. The Morgan fingerprint density at radius 1 is 1.17 bits per heavy atom. The molecule has 0 aliphatic rings. The summed E-state index contributed by atoms with van der Waals surface area (Å²) in [6.45, 7) is -0.724. The lowest BCUT2D eigenvalue weighted by molar-refractivity contribution is -0.154. The molecule has 0 saturated carbocycles. The van der Waals surface area contributed by atoms with Crippen LogP contribution in [-0.2, 0) is 13.1 Å². The van der Waals surface area contributed by atoms with Gasteiger partial charge in [0.05, 0.1) is 14.2 Å². The van der Waals surface area contributed by atoms with Crippen molar-refractivity contribution in [3.63, 3.8) is 0 Å². The first-order valence-electron chi connectivity index (χ1n) is 9.03. The molecule has 1 aromatic carbocycles. The molecule has 0 saturated heterocycles. The third-order valence-electron chi connectivity index (χ3n) is 4.13. The molecule has 30 heavy (non-hydrogen) atoms. The Morgan fingerprint density at radius 2 is 1.93 bits per heavy atom. The molecular formula is C20H25F3N4O3. The molecule has 1 N–H and O–H groups in total. The molecule has 2 aromatic rings. The Balaban J connectivity index is 2.05. The van der Waals surface area contributed by atoms with Gasteiger partial charge in [-0.15, -0.1) is 0 Å². The summed E-state index contributed by atoms with van der Waals surface area (Å²) in [5, 5.41) is 3.11. The first-order chi connectivity index (χ1) is 14.3. The standard InChI is InChI=1S/C20H25F3N4O3/c1-24-19(27(2)12-15-7-8-16(28-3)10-17(15)29-4)26-11-14-6-5-9-25-18(14)30-13-20(21,22)23/h5-10H,11-13H2,1-4H3,(H,24,26). The number of aliphatic imine (C=N–C) groups is 1. The number of pyridine rings is 1. The third kappa shape index (κ3) is 6.71. The molecule has 0 unspecified atom stereocenters. The number of hydrogen-bond acceptors (Lipinski definition) is 5. The highest BCUT2D eigenvalue weighted by molar-refractivity contribution is 5.79. The van der Waals surface area contributed by atoms with E-state index in [4.69, 9.17) is 14.2 Å². The molecule has 0 aliphatic heterocycles. The van der Waals surface area contributed by atoms with E-state index >= 15 is 0 Å². The second-order valence-electron chi connectivity index (χ2n) is 6.31. The van der Waals surface area contributed by atoms with Gasteiger partial charge in [0.15, 0.2) is 12.6 Å². The molecule has 2 rings (SSSR count). The lowest BCUT2D eigenvalue weighted by Crippen LogP contribution is -2.38. The van der Waals surface area contributed by atoms with Gasteiger partial charge in [-0.3, -0.25) is 4.99 Å². The predicted octanol–water partition coefficient (Wildman–Crippen LogP) is 3.25. The highest BCUT2D eigenvalue weighted by Gasteiger charge is 2.29. The summed E-state index contributed by atoms with van der Waals surface area (Å²) in [6, 6.07) is 8.80. The molecule has 1 heterocycles. The monoisotopic (exact) mass is 426 g/mol. The number of rotatable bonds is 8. The Kier molecular flexibility index (Phi) is 8.14. The fourth-order valence-electron chi connectivity index (χ4n) is 2.71. The van der Waals surface area contributed by atoms with Gasteiger partial charge >= 0.3 is 6.18 Å². The molecule has 164 valence electrons. The summed E-state index contributed by atoms with van der Waals surface area (Å²) in [5.41, 5.74) is 1.40. The lowest BCUT2D eigenvalue weighted by Gasteiger charge is -2.23. The van der Waals surface area contributed by atoms with Gasteiger partial charge < -0.3 is 24.4 Å². The minimum Gasteiger partial charge on any atom is -0.497 e. The largest absolute Gasteiger partial charge is 0.497 e. The van der Waals surface area contributed by atoms with Gasteiger partial charge in [0, 0.05) is 50.6 Å². The van der Waals surface area contributed by atoms with Crippen molar-refractivity contribution in [3.8, 4) is 17.4 Å². The summed E-state index contributed by atoms with van der Waals surface area (Å²) in [6.07, 6.45) is -3.05. The first-order valence-corrected chi connectivity index (χ1v) is 9.03. The Bertz CT molecular complexity index is 859. The van der Waals surface area contributed by atoms with Crippen molar-refractivity contribution in [2.45, 2.75) is 19.3 Å². The second kappa shape index (κ2) is 10.6. The van der Waals surface area contributed by atoms with Crippen molar-refractivity contribution in [2.75, 3.05) is 34.9 Å². The molecular weight excluding hydrogens is 401 g/mol. The second-order valence-corrected chi connectivity index (χ2v) is 6.31. The SMILES string of the molecule is CN=C(NCc1cccnc1OCC(F)(F)F)N(C)Cc1ccc(OC)cc1OC. The van der Waals surface area contributed by atoms with Gasteiger partial charge in [-0.2, -0.15) is 13.2 Å². The minimum atomic E-state index is -4.43. The van der Waals surface area contributed by atoms with Crippen LogP contribution in [0.15, 0.2) is 41.5 Å². The van der Waals surface area contributed by atoms with Crippen LogP contribution in [0.2, 0.25) is 0 Å². The summed E-state index contributed by atoms with van der Waals surface area (Å²) < 4.78 is 52.8. The highest BCUT2D eigenvalue weighted by Crippen LogP contribution is 2.25. The van der Waals surface area contributed by atoms with Crippen LogP contribution >= 0.6 is 0 Å². The number of methoxy groups -OCH3 is 2. The van der Waals surface area contributed by atoms with E-state index in [0.717, 1.165) is 5.56 Å². The smallest absolute Gasteiger partial charge is 0.422 e. The number of halogens is 3. The quantitative estimate of drug-likeness (QED) is 0.516. The van der Waals surface area contributed by atoms with E-state index in [9.17, 15) is 13.2 Å². The van der Waals surface area contributed by atoms with Crippen molar-refractivity contribution in [3.05, 3.63) is 47.7 Å². The molecule has 1 aromatic heterocycles. The fourth-order valence-corrected chi connectivity index (χ4v) is 2.71. The third-order valence-corrected chi connectivity index (χ3v) is 4.13. The summed E-state index contributed by atoms with van der Waals surface area (Å²) in [7, 11) is 6.62. The molecule has 0 amide bonds. The average molecular weight is 426 g/mol. The fraction of sp³-hybridized carbons (Fsp3) is 0.400. The van der Waals surface area contributed by atoms with Gasteiger partial charge in [0.25, 0.3) is 0 Å². The van der Waals surface area contributed by atoms with Gasteiger partial charge in [0.2, 0.25) is 5.88 Å². The summed E-state index contributed by atoms with van der Waals surface area (Å²) >= 11 is 0. The zero-order valence-electron chi connectivity index (χ0n) is 17.3. The van der Waals surface area contributed by atoms with E-state index in [-0.39, 0.29) is 12.4 Å². The number of benzene rings is 1. The highest BCUT2D eigenvalue weighted by atomic mass is 19.4. The van der Waals surface area contributed by atoms with Crippen molar-refractivity contribution >= 4 is 5.96 Å². The molecule has 0 atom stereocenters. The van der Waals surface area contributed by atoms with Crippen LogP contribution in [0.3, 0.4) is 0 Å². The van der Waals surface area contributed by atoms with Crippen molar-refractivity contribution in [1.82, 2.24) is 15.2 Å². The zero-order valence-corrected chi connectivity index (χ0v) is 17.3. The van der Waals surface area contributed by atoms with Gasteiger partial charge in [-0.1, -0.05) is 6.07 Å². The summed E-state index contributed by atoms with van der Waals surface area (Å²) in [4.78, 5) is 9.98. The number of alkyl halides is 3. The predicted molar refractivity (Wildman–Crippen MR) is 107 cm³/mol. The molecule has 0 spiro atoms. The van der Waals surface area contributed by atoms with Gasteiger partial charge in [0.1, 0.15) is 11.5 Å². The van der Waals surface area contributed by atoms with Crippen molar-refractivity contribution < 1.29 is 27.4 Å².